The van der Waals surface area contributed by atoms with Crippen molar-refractivity contribution in [3.63, 3.8) is 0 Å². The van der Waals surface area contributed by atoms with Crippen LogP contribution in [-0.4, -0.2) is 21.0 Å². The summed E-state index contributed by atoms with van der Waals surface area (Å²) in [5, 5.41) is 9.16. The maximum Gasteiger partial charge on any atom is 0.314 e. The number of rotatable bonds is 4. The van der Waals surface area contributed by atoms with Crippen molar-refractivity contribution >= 4 is 5.97 Å². The predicted molar refractivity (Wildman–Crippen MR) is 62.5 cm³/mol. The first-order valence-corrected chi connectivity index (χ1v) is 5.51. The van der Waals surface area contributed by atoms with Crippen molar-refractivity contribution in [2.24, 2.45) is 0 Å². The fourth-order valence-corrected chi connectivity index (χ4v) is 1.69. The quantitative estimate of drug-likeness (QED) is 0.919. The van der Waals surface area contributed by atoms with E-state index in [-0.39, 0.29) is 12.2 Å². The van der Waals surface area contributed by atoms with Crippen molar-refractivity contribution in [1.82, 2.24) is 9.97 Å². The molecule has 2 rings (SSSR count). The molecule has 0 radical (unpaired) electrons. The van der Waals surface area contributed by atoms with Gasteiger partial charge in [-0.15, -0.1) is 0 Å². The van der Waals surface area contributed by atoms with E-state index in [1.165, 1.54) is 18.2 Å². The molecule has 1 unspecified atom stereocenters. The molecule has 1 N–H and O–H groups in total. The summed E-state index contributed by atoms with van der Waals surface area (Å²) < 4.78 is 25.8. The lowest BCUT2D eigenvalue weighted by molar-refractivity contribution is -0.139. The number of hydrogen-bond acceptors (Lipinski definition) is 3. The van der Waals surface area contributed by atoms with Crippen LogP contribution in [0.5, 0.6) is 0 Å². The number of nitrogens with zero attached hydrogens (tertiary/aromatic N) is 2. The molecule has 1 aromatic carbocycles. The van der Waals surface area contributed by atoms with Crippen LogP contribution in [-0.2, 0) is 11.2 Å². The molecule has 0 aliphatic heterocycles. The smallest absolute Gasteiger partial charge is 0.314 e. The molecule has 2 aromatic rings. The van der Waals surface area contributed by atoms with Gasteiger partial charge in [0.2, 0.25) is 0 Å². The monoisotopic (exact) mass is 264 g/mol. The highest BCUT2D eigenvalue weighted by atomic mass is 19.1. The number of aromatic nitrogens is 2. The van der Waals surface area contributed by atoms with E-state index >= 15 is 0 Å². The maximum absolute atomic E-state index is 13.0. The van der Waals surface area contributed by atoms with Gasteiger partial charge >= 0.3 is 5.97 Å². The predicted octanol–water partition coefficient (Wildman–Crippen LogP) is 2.17. The van der Waals surface area contributed by atoms with Crippen molar-refractivity contribution in [1.29, 1.82) is 0 Å². The van der Waals surface area contributed by atoms with Crippen LogP contribution in [0.1, 0.15) is 17.3 Å². The molecule has 0 fully saturated rings. The van der Waals surface area contributed by atoms with Crippen molar-refractivity contribution in [3.05, 3.63) is 59.7 Å². The number of aliphatic carboxylic acids is 1. The van der Waals surface area contributed by atoms with Crippen molar-refractivity contribution in [3.8, 4) is 0 Å². The zero-order valence-electron chi connectivity index (χ0n) is 9.75. The van der Waals surface area contributed by atoms with Crippen LogP contribution < -0.4 is 0 Å². The van der Waals surface area contributed by atoms with Crippen LogP contribution in [0.3, 0.4) is 0 Å². The van der Waals surface area contributed by atoms with Crippen LogP contribution in [0.4, 0.5) is 8.78 Å². The topological polar surface area (TPSA) is 63.1 Å². The van der Waals surface area contributed by atoms with Crippen LogP contribution in [0.2, 0.25) is 0 Å². The molecule has 19 heavy (non-hydrogen) atoms. The molecule has 1 heterocycles. The summed E-state index contributed by atoms with van der Waals surface area (Å²) >= 11 is 0. The SMILES string of the molecule is O=C(O)C(Cc1cccc(F)c1)c1ncc(F)cn1. The molecule has 98 valence electrons. The lowest BCUT2D eigenvalue weighted by Gasteiger charge is -2.10. The van der Waals surface area contributed by atoms with Gasteiger partial charge in [-0.3, -0.25) is 4.79 Å². The van der Waals surface area contributed by atoms with Crippen LogP contribution in [0.15, 0.2) is 36.7 Å². The summed E-state index contributed by atoms with van der Waals surface area (Å²) in [5.41, 5.74) is 0.514. The first kappa shape index (κ1) is 13.1. The third kappa shape index (κ3) is 3.31. The summed E-state index contributed by atoms with van der Waals surface area (Å²) in [4.78, 5) is 18.5. The van der Waals surface area contributed by atoms with Crippen LogP contribution in [0, 0.1) is 11.6 Å². The van der Waals surface area contributed by atoms with Gasteiger partial charge in [0, 0.05) is 0 Å². The fraction of sp³-hybridized carbons (Fsp3) is 0.154. The molecule has 0 spiro atoms. The Morgan fingerprint density at radius 1 is 1.21 bits per heavy atom. The van der Waals surface area contributed by atoms with E-state index in [9.17, 15) is 13.6 Å². The van der Waals surface area contributed by atoms with Crippen LogP contribution >= 0.6 is 0 Å². The molecule has 1 aromatic heterocycles. The van der Waals surface area contributed by atoms with Gasteiger partial charge in [0.1, 0.15) is 17.6 Å². The summed E-state index contributed by atoms with van der Waals surface area (Å²) in [7, 11) is 0. The number of carboxylic acids is 1. The molecule has 0 saturated carbocycles. The summed E-state index contributed by atoms with van der Waals surface area (Å²) in [6.45, 7) is 0. The van der Waals surface area contributed by atoms with E-state index in [0.29, 0.717) is 5.56 Å². The Morgan fingerprint density at radius 3 is 2.47 bits per heavy atom. The summed E-state index contributed by atoms with van der Waals surface area (Å²) in [6.07, 6.45) is 1.85. The van der Waals surface area contributed by atoms with Gasteiger partial charge in [-0.25, -0.2) is 18.7 Å². The zero-order valence-corrected chi connectivity index (χ0v) is 9.75. The second-order valence-electron chi connectivity index (χ2n) is 3.98. The Morgan fingerprint density at radius 2 is 1.89 bits per heavy atom. The Hall–Kier alpha value is -2.37. The summed E-state index contributed by atoms with van der Waals surface area (Å²) in [6, 6.07) is 5.63. The Labute approximate surface area is 107 Å². The van der Waals surface area contributed by atoms with Crippen molar-refractivity contribution in [2.75, 3.05) is 0 Å². The maximum atomic E-state index is 13.0. The standard InChI is InChI=1S/C13H10F2N2O2/c14-9-3-1-2-8(4-9)5-11(13(18)19)12-16-6-10(15)7-17-12/h1-4,6-7,11H,5H2,(H,18,19). The molecule has 0 amide bonds. The highest BCUT2D eigenvalue weighted by Gasteiger charge is 2.23. The lowest BCUT2D eigenvalue weighted by Crippen LogP contribution is -2.17. The average molecular weight is 264 g/mol. The largest absolute Gasteiger partial charge is 0.481 e. The second-order valence-corrected chi connectivity index (χ2v) is 3.98. The minimum atomic E-state index is -1.14. The van der Waals surface area contributed by atoms with E-state index in [2.05, 4.69) is 9.97 Å². The fourth-order valence-electron chi connectivity index (χ4n) is 1.69. The van der Waals surface area contributed by atoms with E-state index in [0.717, 1.165) is 12.4 Å². The molecule has 6 heteroatoms. The Kier molecular flexibility index (Phi) is 3.79. The third-order valence-corrected chi connectivity index (χ3v) is 2.58. The molecule has 1 atom stereocenters. The molecule has 0 aliphatic rings. The average Bonchev–Trinajstić information content (AvgIpc) is 2.37. The highest BCUT2D eigenvalue weighted by molar-refractivity contribution is 5.75. The highest BCUT2D eigenvalue weighted by Crippen LogP contribution is 2.18. The minimum absolute atomic E-state index is 0.00170. The second kappa shape index (κ2) is 5.51. The van der Waals surface area contributed by atoms with Gasteiger partial charge in [-0.05, 0) is 24.1 Å². The van der Waals surface area contributed by atoms with E-state index in [1.807, 2.05) is 0 Å². The zero-order chi connectivity index (χ0) is 13.8. The van der Waals surface area contributed by atoms with E-state index < -0.39 is 23.5 Å². The molecule has 0 saturated heterocycles. The van der Waals surface area contributed by atoms with Gasteiger partial charge in [0.15, 0.2) is 5.82 Å². The Bertz CT molecular complexity index is 587. The van der Waals surface area contributed by atoms with Gasteiger partial charge in [-0.1, -0.05) is 12.1 Å². The first-order valence-electron chi connectivity index (χ1n) is 5.51. The summed E-state index contributed by atoms with van der Waals surface area (Å²) in [5.74, 6) is -3.27. The minimum Gasteiger partial charge on any atom is -0.481 e. The number of carbonyl (C=O) groups is 1. The molecular formula is C13H10F2N2O2. The van der Waals surface area contributed by atoms with Gasteiger partial charge in [-0.2, -0.15) is 0 Å². The molecule has 0 bridgehead atoms. The van der Waals surface area contributed by atoms with Crippen molar-refractivity contribution in [2.45, 2.75) is 12.3 Å². The first-order chi connectivity index (χ1) is 9.06. The number of halogens is 2. The van der Waals surface area contributed by atoms with Gasteiger partial charge < -0.3 is 5.11 Å². The third-order valence-electron chi connectivity index (χ3n) is 2.58. The van der Waals surface area contributed by atoms with Crippen molar-refractivity contribution < 1.29 is 18.7 Å². The number of carboxylic acid groups (broad SMARTS) is 1. The number of hydrogen-bond donors (Lipinski definition) is 1. The van der Waals surface area contributed by atoms with Crippen LogP contribution in [0.25, 0.3) is 0 Å². The lowest BCUT2D eigenvalue weighted by atomic mass is 9.98. The van der Waals surface area contributed by atoms with Gasteiger partial charge in [0.25, 0.3) is 0 Å². The molecule has 4 nitrogen and oxygen atoms in total. The molecular weight excluding hydrogens is 254 g/mol. The Balaban J connectivity index is 2.26. The van der Waals surface area contributed by atoms with Gasteiger partial charge in [0.05, 0.1) is 12.4 Å². The van der Waals surface area contributed by atoms with E-state index in [1.54, 1.807) is 6.07 Å². The molecule has 0 aliphatic carbocycles. The number of benzene rings is 1. The normalized spacial score (nSPS) is 12.1. The van der Waals surface area contributed by atoms with E-state index in [4.69, 9.17) is 5.11 Å².